The summed E-state index contributed by atoms with van der Waals surface area (Å²) in [7, 11) is 0. The van der Waals surface area contributed by atoms with E-state index in [1.165, 1.54) is 57.1 Å². The molecule has 2 saturated heterocycles. The van der Waals surface area contributed by atoms with Crippen LogP contribution in [-0.4, -0.2) is 41.4 Å². The largest absolute Gasteiger partial charge is 0.340 e. The van der Waals surface area contributed by atoms with E-state index in [4.69, 9.17) is 0 Å². The first kappa shape index (κ1) is 17.1. The Morgan fingerprint density at radius 3 is 2.44 bits per heavy atom. The molecule has 0 spiro atoms. The van der Waals surface area contributed by atoms with Crippen LogP contribution in [0.4, 0.5) is 0 Å². The second-order valence-corrected chi connectivity index (χ2v) is 8.40. The first-order valence-corrected chi connectivity index (χ1v) is 10.4. The molecular weight excluding hydrogens is 308 g/mol. The van der Waals surface area contributed by atoms with Gasteiger partial charge in [0, 0.05) is 32.1 Å². The number of carbonyl (C=O) groups excluding carboxylic acids is 1. The van der Waals surface area contributed by atoms with Crippen LogP contribution in [0.3, 0.4) is 0 Å². The Morgan fingerprint density at radius 1 is 0.880 bits per heavy atom. The van der Waals surface area contributed by atoms with Crippen LogP contribution in [0.2, 0.25) is 0 Å². The second-order valence-electron chi connectivity index (χ2n) is 8.40. The van der Waals surface area contributed by atoms with Crippen molar-refractivity contribution in [2.24, 2.45) is 11.8 Å². The standard InChI is InChI=1S/C22H32N2O/c25-22-15-19-11-13-23(16-18-7-3-1-4-8-18)17-20(19)12-14-24(22)21-9-5-2-6-10-21/h1,3-4,7-8,19-21H,2,5-6,9-17H2/t19-,20-/m0/s1. The van der Waals surface area contributed by atoms with Gasteiger partial charge in [0.05, 0.1) is 0 Å². The van der Waals surface area contributed by atoms with E-state index in [0.717, 1.165) is 26.1 Å². The number of hydrogen-bond acceptors (Lipinski definition) is 2. The third-order valence-corrected chi connectivity index (χ3v) is 6.74. The molecule has 0 N–H and O–H groups in total. The van der Waals surface area contributed by atoms with Gasteiger partial charge >= 0.3 is 0 Å². The molecule has 1 aromatic rings. The molecule has 3 nitrogen and oxygen atoms in total. The van der Waals surface area contributed by atoms with Crippen LogP contribution >= 0.6 is 0 Å². The average Bonchev–Trinajstić information content (AvgIpc) is 2.81. The van der Waals surface area contributed by atoms with Crippen LogP contribution < -0.4 is 0 Å². The number of likely N-dealkylation sites (tertiary alicyclic amines) is 2. The Morgan fingerprint density at radius 2 is 1.64 bits per heavy atom. The van der Waals surface area contributed by atoms with E-state index in [9.17, 15) is 4.79 Å². The summed E-state index contributed by atoms with van der Waals surface area (Å²) in [4.78, 5) is 17.7. The van der Waals surface area contributed by atoms with Crippen LogP contribution in [0.5, 0.6) is 0 Å². The molecule has 0 unspecified atom stereocenters. The smallest absolute Gasteiger partial charge is 0.223 e. The summed E-state index contributed by atoms with van der Waals surface area (Å²) in [5, 5.41) is 0. The van der Waals surface area contributed by atoms with Crippen molar-refractivity contribution < 1.29 is 4.79 Å². The highest BCUT2D eigenvalue weighted by Gasteiger charge is 2.37. The molecule has 0 aromatic heterocycles. The highest BCUT2D eigenvalue weighted by Crippen LogP contribution is 2.35. The molecule has 3 fully saturated rings. The number of benzene rings is 1. The number of carbonyl (C=O) groups is 1. The topological polar surface area (TPSA) is 23.6 Å². The number of rotatable bonds is 3. The molecule has 3 aliphatic rings. The van der Waals surface area contributed by atoms with E-state index in [0.29, 0.717) is 23.8 Å². The van der Waals surface area contributed by atoms with Crippen molar-refractivity contribution in [3.63, 3.8) is 0 Å². The minimum absolute atomic E-state index is 0.455. The predicted octanol–water partition coefficient (Wildman–Crippen LogP) is 4.08. The number of fused-ring (bicyclic) bond motifs is 1. The van der Waals surface area contributed by atoms with Gasteiger partial charge in [-0.2, -0.15) is 0 Å². The normalized spacial score (nSPS) is 29.3. The van der Waals surface area contributed by atoms with Gasteiger partial charge in [-0.25, -0.2) is 0 Å². The van der Waals surface area contributed by atoms with Gasteiger partial charge in [-0.1, -0.05) is 49.6 Å². The van der Waals surface area contributed by atoms with Gasteiger partial charge in [-0.3, -0.25) is 9.69 Å². The molecule has 3 heteroatoms. The van der Waals surface area contributed by atoms with E-state index in [-0.39, 0.29) is 0 Å². The lowest BCUT2D eigenvalue weighted by molar-refractivity contribution is -0.134. The SMILES string of the molecule is O=C1C[C@@H]2CCN(Cc3ccccc3)C[C@@H]2CCN1C1CCCCC1. The van der Waals surface area contributed by atoms with Crippen molar-refractivity contribution in [2.75, 3.05) is 19.6 Å². The molecule has 1 aromatic carbocycles. The maximum absolute atomic E-state index is 12.9. The molecule has 0 radical (unpaired) electrons. The Kier molecular flexibility index (Phi) is 5.40. The number of piperidine rings is 1. The lowest BCUT2D eigenvalue weighted by Gasteiger charge is -2.37. The van der Waals surface area contributed by atoms with Crippen molar-refractivity contribution in [3.05, 3.63) is 35.9 Å². The fourth-order valence-corrected chi connectivity index (χ4v) is 5.29. The maximum Gasteiger partial charge on any atom is 0.223 e. The monoisotopic (exact) mass is 340 g/mol. The van der Waals surface area contributed by atoms with E-state index in [1.807, 2.05) is 0 Å². The third-order valence-electron chi connectivity index (χ3n) is 6.74. The molecule has 4 rings (SSSR count). The molecule has 2 atom stereocenters. The van der Waals surface area contributed by atoms with Gasteiger partial charge in [-0.15, -0.1) is 0 Å². The van der Waals surface area contributed by atoms with Crippen LogP contribution in [0, 0.1) is 11.8 Å². The Bertz CT molecular complexity index is 567. The number of nitrogens with zero attached hydrogens (tertiary/aromatic N) is 2. The molecule has 1 aliphatic carbocycles. The third kappa shape index (κ3) is 4.08. The fourth-order valence-electron chi connectivity index (χ4n) is 5.29. The zero-order chi connectivity index (χ0) is 17.1. The van der Waals surface area contributed by atoms with Gasteiger partial charge in [0.2, 0.25) is 5.91 Å². The van der Waals surface area contributed by atoms with E-state index >= 15 is 0 Å². The molecule has 2 heterocycles. The van der Waals surface area contributed by atoms with Gasteiger partial charge < -0.3 is 4.90 Å². The molecule has 1 amide bonds. The Labute approximate surface area is 152 Å². The Balaban J connectivity index is 1.37. The van der Waals surface area contributed by atoms with Crippen LogP contribution in [0.1, 0.15) is 56.9 Å². The van der Waals surface area contributed by atoms with E-state index in [2.05, 4.69) is 40.1 Å². The minimum Gasteiger partial charge on any atom is -0.340 e. The molecule has 2 aliphatic heterocycles. The van der Waals surface area contributed by atoms with Gasteiger partial charge in [0.1, 0.15) is 0 Å². The minimum atomic E-state index is 0.455. The van der Waals surface area contributed by atoms with Crippen molar-refractivity contribution >= 4 is 5.91 Å². The van der Waals surface area contributed by atoms with Crippen LogP contribution in [0.25, 0.3) is 0 Å². The number of hydrogen-bond donors (Lipinski definition) is 0. The van der Waals surface area contributed by atoms with Crippen LogP contribution in [-0.2, 0) is 11.3 Å². The molecule has 25 heavy (non-hydrogen) atoms. The number of amides is 1. The van der Waals surface area contributed by atoms with Gasteiger partial charge in [0.25, 0.3) is 0 Å². The highest BCUT2D eigenvalue weighted by molar-refractivity contribution is 5.77. The highest BCUT2D eigenvalue weighted by atomic mass is 16.2. The molecular formula is C22H32N2O. The lowest BCUT2D eigenvalue weighted by Crippen LogP contribution is -2.41. The first-order valence-electron chi connectivity index (χ1n) is 10.4. The van der Waals surface area contributed by atoms with Gasteiger partial charge in [-0.05, 0) is 49.6 Å². The first-order chi connectivity index (χ1) is 12.3. The maximum atomic E-state index is 12.9. The molecule has 1 saturated carbocycles. The van der Waals surface area contributed by atoms with Gasteiger partial charge in [0.15, 0.2) is 0 Å². The van der Waals surface area contributed by atoms with Crippen molar-refractivity contribution in [1.29, 1.82) is 0 Å². The summed E-state index contributed by atoms with van der Waals surface area (Å²) in [6, 6.07) is 11.4. The Hall–Kier alpha value is -1.35. The van der Waals surface area contributed by atoms with Crippen molar-refractivity contribution in [2.45, 2.75) is 64.0 Å². The molecule has 136 valence electrons. The quantitative estimate of drug-likeness (QED) is 0.828. The summed E-state index contributed by atoms with van der Waals surface area (Å²) < 4.78 is 0. The van der Waals surface area contributed by atoms with Crippen LogP contribution in [0.15, 0.2) is 30.3 Å². The van der Waals surface area contributed by atoms with Crippen molar-refractivity contribution in [1.82, 2.24) is 9.80 Å². The van der Waals surface area contributed by atoms with Crippen molar-refractivity contribution in [3.8, 4) is 0 Å². The fraction of sp³-hybridized carbons (Fsp3) is 0.682. The zero-order valence-corrected chi connectivity index (χ0v) is 15.4. The lowest BCUT2D eigenvalue weighted by atomic mass is 9.82. The summed E-state index contributed by atoms with van der Waals surface area (Å²) >= 11 is 0. The summed E-state index contributed by atoms with van der Waals surface area (Å²) in [6.45, 7) is 4.38. The predicted molar refractivity (Wildman–Crippen MR) is 101 cm³/mol. The summed E-state index contributed by atoms with van der Waals surface area (Å²) in [5.41, 5.74) is 1.41. The average molecular weight is 341 g/mol. The summed E-state index contributed by atoms with van der Waals surface area (Å²) in [5.74, 6) is 1.78. The summed E-state index contributed by atoms with van der Waals surface area (Å²) in [6.07, 6.45) is 9.67. The second kappa shape index (κ2) is 7.90. The van der Waals surface area contributed by atoms with E-state index < -0.39 is 0 Å². The molecule has 0 bridgehead atoms. The van der Waals surface area contributed by atoms with E-state index in [1.54, 1.807) is 0 Å². The zero-order valence-electron chi connectivity index (χ0n) is 15.4.